The Labute approximate surface area is 173 Å². The second-order valence-corrected chi connectivity index (χ2v) is 8.20. The van der Waals surface area contributed by atoms with Gasteiger partial charge >= 0.3 is 0 Å². The molecule has 0 unspecified atom stereocenters. The number of amides is 2. The number of benzene rings is 1. The molecule has 0 aromatic heterocycles. The molecule has 4 N–H and O–H groups in total. The minimum absolute atomic E-state index is 0. The highest BCUT2D eigenvalue weighted by atomic mass is 35.5. The summed E-state index contributed by atoms with van der Waals surface area (Å²) in [6, 6.07) is 4.98. The van der Waals surface area contributed by atoms with Crippen LogP contribution in [0.15, 0.2) is 18.2 Å². The van der Waals surface area contributed by atoms with Gasteiger partial charge in [-0.05, 0) is 48.9 Å². The molecule has 5 nitrogen and oxygen atoms in total. The van der Waals surface area contributed by atoms with E-state index in [-0.39, 0.29) is 29.6 Å². The van der Waals surface area contributed by atoms with Gasteiger partial charge in [-0.2, -0.15) is 0 Å². The Morgan fingerprint density at radius 3 is 2.44 bits per heavy atom. The van der Waals surface area contributed by atoms with Crippen molar-refractivity contribution in [2.75, 3.05) is 18.4 Å². The van der Waals surface area contributed by atoms with Crippen molar-refractivity contribution in [2.24, 2.45) is 17.1 Å². The lowest BCUT2D eigenvalue weighted by molar-refractivity contribution is -0.118. The molecule has 0 aliphatic heterocycles. The third-order valence-corrected chi connectivity index (χ3v) is 5.36. The highest BCUT2D eigenvalue weighted by molar-refractivity contribution is 6.34. The third-order valence-electron chi connectivity index (χ3n) is 5.05. The molecule has 1 saturated carbocycles. The molecule has 27 heavy (non-hydrogen) atoms. The SMILES string of the molecule is CC(C)CNC(=O)c1ccc(NC(=O)CC2(CN)CCCCC2)cc1Cl.Cl. The van der Waals surface area contributed by atoms with Crippen LogP contribution in [-0.2, 0) is 4.79 Å². The molecule has 2 amide bonds. The lowest BCUT2D eigenvalue weighted by Crippen LogP contribution is -2.36. The largest absolute Gasteiger partial charge is 0.352 e. The maximum atomic E-state index is 12.5. The molecule has 1 aromatic rings. The number of anilines is 1. The average Bonchev–Trinajstić information content (AvgIpc) is 2.60. The normalized spacial score (nSPS) is 15.7. The summed E-state index contributed by atoms with van der Waals surface area (Å²) in [6.07, 6.45) is 5.93. The molecule has 1 aliphatic carbocycles. The number of nitrogens with two attached hydrogens (primary N) is 1. The van der Waals surface area contributed by atoms with Gasteiger partial charge in [-0.1, -0.05) is 44.7 Å². The van der Waals surface area contributed by atoms with Crippen molar-refractivity contribution in [3.05, 3.63) is 28.8 Å². The van der Waals surface area contributed by atoms with Crippen LogP contribution in [0.4, 0.5) is 5.69 Å². The Kier molecular flexibility index (Phi) is 9.57. The fourth-order valence-corrected chi connectivity index (χ4v) is 3.74. The maximum Gasteiger partial charge on any atom is 0.252 e. The number of halogens is 2. The molecular weight excluding hydrogens is 385 g/mol. The van der Waals surface area contributed by atoms with Gasteiger partial charge in [-0.15, -0.1) is 12.4 Å². The van der Waals surface area contributed by atoms with Crippen LogP contribution in [0.25, 0.3) is 0 Å². The smallest absolute Gasteiger partial charge is 0.252 e. The summed E-state index contributed by atoms with van der Waals surface area (Å²) in [5.41, 5.74) is 6.89. The fourth-order valence-electron chi connectivity index (χ4n) is 3.47. The summed E-state index contributed by atoms with van der Waals surface area (Å²) in [5.74, 6) is 0.113. The Hall–Kier alpha value is -1.30. The highest BCUT2D eigenvalue weighted by Crippen LogP contribution is 2.38. The van der Waals surface area contributed by atoms with Gasteiger partial charge in [-0.3, -0.25) is 9.59 Å². The fraction of sp³-hybridized carbons (Fsp3) is 0.600. The zero-order valence-corrected chi connectivity index (χ0v) is 17.7. The third kappa shape index (κ3) is 6.98. The Morgan fingerprint density at radius 1 is 1.22 bits per heavy atom. The Balaban J connectivity index is 0.00000364. The summed E-state index contributed by atoms with van der Waals surface area (Å²) in [4.78, 5) is 24.6. The summed E-state index contributed by atoms with van der Waals surface area (Å²) < 4.78 is 0. The molecule has 0 radical (unpaired) electrons. The van der Waals surface area contributed by atoms with Crippen LogP contribution in [0, 0.1) is 11.3 Å². The monoisotopic (exact) mass is 415 g/mol. The van der Waals surface area contributed by atoms with Crippen molar-refractivity contribution in [1.82, 2.24) is 5.32 Å². The van der Waals surface area contributed by atoms with Crippen LogP contribution in [0.1, 0.15) is 62.7 Å². The van der Waals surface area contributed by atoms with Crippen molar-refractivity contribution in [3.63, 3.8) is 0 Å². The van der Waals surface area contributed by atoms with E-state index in [9.17, 15) is 9.59 Å². The van der Waals surface area contributed by atoms with Crippen LogP contribution in [0.5, 0.6) is 0 Å². The van der Waals surface area contributed by atoms with Crippen molar-refractivity contribution in [1.29, 1.82) is 0 Å². The van der Waals surface area contributed by atoms with Gasteiger partial charge in [0, 0.05) is 18.7 Å². The van der Waals surface area contributed by atoms with E-state index in [0.29, 0.717) is 41.7 Å². The van der Waals surface area contributed by atoms with E-state index in [1.54, 1.807) is 18.2 Å². The number of nitrogens with one attached hydrogen (secondary N) is 2. The molecule has 1 aliphatic rings. The molecule has 0 heterocycles. The zero-order valence-electron chi connectivity index (χ0n) is 16.1. The Morgan fingerprint density at radius 2 is 1.89 bits per heavy atom. The van der Waals surface area contributed by atoms with E-state index in [2.05, 4.69) is 10.6 Å². The first kappa shape index (κ1) is 23.7. The Bertz CT molecular complexity index is 644. The number of hydrogen-bond acceptors (Lipinski definition) is 3. The van der Waals surface area contributed by atoms with Crippen molar-refractivity contribution in [3.8, 4) is 0 Å². The second kappa shape index (κ2) is 10.9. The number of carbonyl (C=O) groups is 2. The van der Waals surface area contributed by atoms with Gasteiger partial charge < -0.3 is 16.4 Å². The quantitative estimate of drug-likeness (QED) is 0.617. The molecule has 0 spiro atoms. The average molecular weight is 416 g/mol. The molecule has 0 bridgehead atoms. The zero-order chi connectivity index (χ0) is 19.2. The number of carbonyl (C=O) groups excluding carboxylic acids is 2. The van der Waals surface area contributed by atoms with E-state index < -0.39 is 0 Å². The second-order valence-electron chi connectivity index (χ2n) is 7.79. The molecule has 1 aromatic carbocycles. The summed E-state index contributed by atoms with van der Waals surface area (Å²) >= 11 is 6.24. The lowest BCUT2D eigenvalue weighted by atomic mass is 9.71. The van der Waals surface area contributed by atoms with Crippen LogP contribution in [0.2, 0.25) is 5.02 Å². The van der Waals surface area contributed by atoms with Crippen molar-refractivity contribution >= 4 is 41.5 Å². The van der Waals surface area contributed by atoms with Gasteiger partial charge in [0.1, 0.15) is 0 Å². The predicted octanol–water partition coefficient (Wildman–Crippen LogP) is 4.39. The van der Waals surface area contributed by atoms with E-state index in [1.807, 2.05) is 13.8 Å². The molecule has 152 valence electrons. The molecule has 2 rings (SSSR count). The molecule has 7 heteroatoms. The van der Waals surface area contributed by atoms with E-state index in [1.165, 1.54) is 6.42 Å². The summed E-state index contributed by atoms with van der Waals surface area (Å²) in [6.45, 7) is 5.19. The predicted molar refractivity (Wildman–Crippen MR) is 114 cm³/mol. The van der Waals surface area contributed by atoms with Gasteiger partial charge in [-0.25, -0.2) is 0 Å². The summed E-state index contributed by atoms with van der Waals surface area (Å²) in [5, 5.41) is 6.07. The van der Waals surface area contributed by atoms with Crippen molar-refractivity contribution < 1.29 is 9.59 Å². The lowest BCUT2D eigenvalue weighted by Gasteiger charge is -2.35. The van der Waals surface area contributed by atoms with Crippen LogP contribution < -0.4 is 16.4 Å². The topological polar surface area (TPSA) is 84.2 Å². The first-order valence-corrected chi connectivity index (χ1v) is 9.81. The van der Waals surface area contributed by atoms with E-state index >= 15 is 0 Å². The minimum Gasteiger partial charge on any atom is -0.352 e. The van der Waals surface area contributed by atoms with Crippen LogP contribution in [0.3, 0.4) is 0 Å². The van der Waals surface area contributed by atoms with E-state index in [0.717, 1.165) is 25.7 Å². The van der Waals surface area contributed by atoms with Crippen LogP contribution in [-0.4, -0.2) is 24.9 Å². The highest BCUT2D eigenvalue weighted by Gasteiger charge is 2.33. The molecular formula is C20H31Cl2N3O2. The maximum absolute atomic E-state index is 12.5. The van der Waals surface area contributed by atoms with Crippen molar-refractivity contribution in [2.45, 2.75) is 52.4 Å². The first-order valence-electron chi connectivity index (χ1n) is 9.43. The molecule has 0 saturated heterocycles. The minimum atomic E-state index is -0.203. The molecule has 1 fully saturated rings. The van der Waals surface area contributed by atoms with Gasteiger partial charge in [0.2, 0.25) is 5.91 Å². The van der Waals surface area contributed by atoms with Gasteiger partial charge in [0.15, 0.2) is 0 Å². The van der Waals surface area contributed by atoms with Gasteiger partial charge in [0.05, 0.1) is 10.6 Å². The number of hydrogen-bond donors (Lipinski definition) is 3. The summed E-state index contributed by atoms with van der Waals surface area (Å²) in [7, 11) is 0. The first-order chi connectivity index (χ1) is 12.3. The standard InChI is InChI=1S/C20H30ClN3O2.ClH/c1-14(2)12-23-19(26)16-7-6-15(10-17(16)21)24-18(25)11-20(13-22)8-4-3-5-9-20;/h6-7,10,14H,3-5,8-9,11-13,22H2,1-2H3,(H,23,26)(H,24,25);1H. The van der Waals surface area contributed by atoms with Gasteiger partial charge in [0.25, 0.3) is 5.91 Å². The molecule has 0 atom stereocenters. The van der Waals surface area contributed by atoms with E-state index in [4.69, 9.17) is 17.3 Å². The number of rotatable bonds is 7. The van der Waals surface area contributed by atoms with Crippen LogP contribution >= 0.6 is 24.0 Å².